The van der Waals surface area contributed by atoms with Crippen LogP contribution in [0.5, 0.6) is 5.75 Å². The maximum Gasteiger partial charge on any atom is 0.327 e. The molecule has 18 heavy (non-hydrogen) atoms. The number of ether oxygens (including phenoxy) is 2. The average Bonchev–Trinajstić information content (AvgIpc) is 2.31. The molecule has 1 aromatic carbocycles. The van der Waals surface area contributed by atoms with E-state index in [-0.39, 0.29) is 18.6 Å². The molecule has 0 aliphatic carbocycles. The smallest absolute Gasteiger partial charge is 0.327 e. The van der Waals surface area contributed by atoms with Gasteiger partial charge >= 0.3 is 5.97 Å². The van der Waals surface area contributed by atoms with Crippen LogP contribution in [0.15, 0.2) is 29.3 Å². The summed E-state index contributed by atoms with van der Waals surface area (Å²) in [4.78, 5) is 15.2. The monoisotopic (exact) mass is 249 g/mol. The van der Waals surface area contributed by atoms with E-state index in [9.17, 15) is 4.79 Å². The Morgan fingerprint density at radius 2 is 2.11 bits per heavy atom. The SMILES string of the molecule is CCOC(=O)CN=Cc1ccccc1OC(C)C. The Hall–Kier alpha value is -1.84. The molecule has 4 nitrogen and oxygen atoms in total. The molecule has 0 aromatic heterocycles. The molecule has 0 aliphatic rings. The summed E-state index contributed by atoms with van der Waals surface area (Å²) >= 11 is 0. The number of nitrogens with zero attached hydrogens (tertiary/aromatic N) is 1. The zero-order chi connectivity index (χ0) is 13.4. The Bertz CT molecular complexity index is 413. The van der Waals surface area contributed by atoms with Crippen LogP contribution < -0.4 is 4.74 Å². The molecule has 0 fully saturated rings. The van der Waals surface area contributed by atoms with Gasteiger partial charge in [0.15, 0.2) is 0 Å². The zero-order valence-corrected chi connectivity index (χ0v) is 11.1. The van der Waals surface area contributed by atoms with E-state index in [0.29, 0.717) is 6.61 Å². The first-order chi connectivity index (χ1) is 8.63. The lowest BCUT2D eigenvalue weighted by Gasteiger charge is -2.11. The van der Waals surface area contributed by atoms with Crippen LogP contribution in [0.4, 0.5) is 0 Å². The van der Waals surface area contributed by atoms with Crippen molar-refractivity contribution in [3.63, 3.8) is 0 Å². The molecule has 98 valence electrons. The minimum Gasteiger partial charge on any atom is -0.490 e. The summed E-state index contributed by atoms with van der Waals surface area (Å²) in [5.41, 5.74) is 0.857. The van der Waals surface area contributed by atoms with Gasteiger partial charge in [0.05, 0.1) is 12.7 Å². The summed E-state index contributed by atoms with van der Waals surface area (Å²) in [6.45, 7) is 6.11. The number of hydrogen-bond acceptors (Lipinski definition) is 4. The number of aliphatic imine (C=N–C) groups is 1. The highest BCUT2D eigenvalue weighted by atomic mass is 16.5. The predicted octanol–water partition coefficient (Wildman–Crippen LogP) is 2.46. The van der Waals surface area contributed by atoms with Crippen LogP contribution in [0, 0.1) is 0 Å². The van der Waals surface area contributed by atoms with E-state index in [4.69, 9.17) is 9.47 Å². The third-order valence-corrected chi connectivity index (χ3v) is 2.04. The number of para-hydroxylation sites is 1. The number of rotatable bonds is 6. The van der Waals surface area contributed by atoms with Crippen molar-refractivity contribution in [2.45, 2.75) is 26.9 Å². The molecule has 0 heterocycles. The summed E-state index contributed by atoms with van der Waals surface area (Å²) in [6.07, 6.45) is 1.74. The molecular weight excluding hydrogens is 230 g/mol. The lowest BCUT2D eigenvalue weighted by atomic mass is 10.2. The van der Waals surface area contributed by atoms with Gasteiger partial charge in [-0.2, -0.15) is 0 Å². The molecule has 0 atom stereocenters. The molecule has 4 heteroatoms. The Morgan fingerprint density at radius 3 is 2.78 bits per heavy atom. The second kappa shape index (κ2) is 7.48. The summed E-state index contributed by atoms with van der Waals surface area (Å²) in [5.74, 6) is 0.441. The van der Waals surface area contributed by atoms with Gasteiger partial charge in [0, 0.05) is 11.8 Å². The lowest BCUT2D eigenvalue weighted by molar-refractivity contribution is -0.141. The van der Waals surface area contributed by atoms with Crippen LogP contribution in [0.25, 0.3) is 0 Å². The third-order valence-electron chi connectivity index (χ3n) is 2.04. The van der Waals surface area contributed by atoms with E-state index in [1.165, 1.54) is 0 Å². The van der Waals surface area contributed by atoms with Gasteiger partial charge in [0.1, 0.15) is 12.3 Å². The van der Waals surface area contributed by atoms with E-state index in [0.717, 1.165) is 11.3 Å². The highest BCUT2D eigenvalue weighted by Gasteiger charge is 2.03. The van der Waals surface area contributed by atoms with Gasteiger partial charge in [-0.3, -0.25) is 9.79 Å². The number of esters is 1. The molecule has 0 bridgehead atoms. The summed E-state index contributed by atoms with van der Waals surface area (Å²) in [6, 6.07) is 7.58. The van der Waals surface area contributed by atoms with Gasteiger partial charge in [-0.05, 0) is 32.9 Å². The van der Waals surface area contributed by atoms with Crippen molar-refractivity contribution < 1.29 is 14.3 Å². The Labute approximate surface area is 108 Å². The minimum absolute atomic E-state index is 0.0316. The first-order valence-corrected chi connectivity index (χ1v) is 6.04. The maximum atomic E-state index is 11.1. The van der Waals surface area contributed by atoms with Crippen molar-refractivity contribution in [2.24, 2.45) is 4.99 Å². The van der Waals surface area contributed by atoms with E-state index in [1.807, 2.05) is 38.1 Å². The highest BCUT2D eigenvalue weighted by Crippen LogP contribution is 2.17. The Morgan fingerprint density at radius 1 is 1.39 bits per heavy atom. The fraction of sp³-hybridized carbons (Fsp3) is 0.429. The van der Waals surface area contributed by atoms with Gasteiger partial charge in [0.2, 0.25) is 0 Å². The quantitative estimate of drug-likeness (QED) is 0.574. The second-order valence-corrected chi connectivity index (χ2v) is 3.98. The van der Waals surface area contributed by atoms with E-state index >= 15 is 0 Å². The first kappa shape index (κ1) is 14.2. The van der Waals surface area contributed by atoms with Crippen LogP contribution >= 0.6 is 0 Å². The number of hydrogen-bond donors (Lipinski definition) is 0. The van der Waals surface area contributed by atoms with Gasteiger partial charge < -0.3 is 9.47 Å². The number of benzene rings is 1. The molecule has 0 aliphatic heterocycles. The summed E-state index contributed by atoms with van der Waals surface area (Å²) in [7, 11) is 0. The van der Waals surface area contributed by atoms with Gasteiger partial charge in [-0.15, -0.1) is 0 Å². The molecule has 1 rings (SSSR count). The molecule has 0 unspecified atom stereocenters. The molecule has 0 spiro atoms. The van der Waals surface area contributed by atoms with Crippen LogP contribution in [0.2, 0.25) is 0 Å². The number of carbonyl (C=O) groups excluding carboxylic acids is 1. The molecule has 0 saturated heterocycles. The van der Waals surface area contributed by atoms with Crippen LogP contribution in [0.3, 0.4) is 0 Å². The standard InChI is InChI=1S/C14H19NO3/c1-4-17-14(16)10-15-9-12-7-5-6-8-13(12)18-11(2)3/h5-9,11H,4,10H2,1-3H3. The molecule has 0 amide bonds. The fourth-order valence-corrected chi connectivity index (χ4v) is 1.37. The Kier molecular flexibility index (Phi) is 5.91. The van der Waals surface area contributed by atoms with E-state index in [2.05, 4.69) is 4.99 Å². The normalized spacial score (nSPS) is 10.9. The Balaban J connectivity index is 2.65. The second-order valence-electron chi connectivity index (χ2n) is 3.98. The molecular formula is C14H19NO3. The third kappa shape index (κ3) is 4.99. The van der Waals surface area contributed by atoms with Crippen molar-refractivity contribution in [1.29, 1.82) is 0 Å². The minimum atomic E-state index is -0.323. The number of carbonyl (C=O) groups is 1. The van der Waals surface area contributed by atoms with Crippen LogP contribution in [-0.4, -0.2) is 31.4 Å². The zero-order valence-electron chi connectivity index (χ0n) is 11.1. The molecule has 0 N–H and O–H groups in total. The van der Waals surface area contributed by atoms with Gasteiger partial charge in [0.25, 0.3) is 0 Å². The van der Waals surface area contributed by atoms with Crippen LogP contribution in [0.1, 0.15) is 26.3 Å². The maximum absolute atomic E-state index is 11.1. The van der Waals surface area contributed by atoms with Crippen molar-refractivity contribution in [1.82, 2.24) is 0 Å². The van der Waals surface area contributed by atoms with Crippen LogP contribution in [-0.2, 0) is 9.53 Å². The average molecular weight is 249 g/mol. The highest BCUT2D eigenvalue weighted by molar-refractivity contribution is 5.85. The van der Waals surface area contributed by atoms with Crippen molar-refractivity contribution in [3.05, 3.63) is 29.8 Å². The van der Waals surface area contributed by atoms with E-state index in [1.54, 1.807) is 13.1 Å². The van der Waals surface area contributed by atoms with Crippen molar-refractivity contribution in [3.8, 4) is 5.75 Å². The summed E-state index contributed by atoms with van der Waals surface area (Å²) in [5, 5.41) is 0. The van der Waals surface area contributed by atoms with Gasteiger partial charge in [-0.25, -0.2) is 0 Å². The molecule has 0 saturated carbocycles. The van der Waals surface area contributed by atoms with E-state index < -0.39 is 0 Å². The largest absolute Gasteiger partial charge is 0.490 e. The topological polar surface area (TPSA) is 47.9 Å². The van der Waals surface area contributed by atoms with Crippen molar-refractivity contribution in [2.75, 3.05) is 13.2 Å². The van der Waals surface area contributed by atoms with Crippen molar-refractivity contribution >= 4 is 12.2 Å². The van der Waals surface area contributed by atoms with Gasteiger partial charge in [-0.1, -0.05) is 12.1 Å². The molecule has 0 radical (unpaired) electrons. The molecule has 1 aromatic rings. The predicted molar refractivity (Wildman–Crippen MR) is 71.3 cm³/mol. The fourth-order valence-electron chi connectivity index (χ4n) is 1.37. The summed E-state index contributed by atoms with van der Waals surface area (Å²) < 4.78 is 10.4. The first-order valence-electron chi connectivity index (χ1n) is 6.04. The lowest BCUT2D eigenvalue weighted by Crippen LogP contribution is -2.09.